The molecule has 2 aliphatic carbocycles. The van der Waals surface area contributed by atoms with Gasteiger partial charge in [0.1, 0.15) is 23.7 Å². The number of ketones is 1. The number of carboxylic acid groups (broad SMARTS) is 1. The molecule has 2 saturated carbocycles. The molecule has 0 radical (unpaired) electrons. The number of aliphatic carboxylic acids is 1. The average molecular weight is 748 g/mol. The van der Waals surface area contributed by atoms with Crippen LogP contribution in [-0.4, -0.2) is 79.7 Å². The van der Waals surface area contributed by atoms with Gasteiger partial charge in [-0.15, -0.1) is 0 Å². The zero-order valence-corrected chi connectivity index (χ0v) is 30.2. The second-order valence-corrected chi connectivity index (χ2v) is 15.6. The van der Waals surface area contributed by atoms with E-state index in [1.165, 1.54) is 32.3 Å². The summed E-state index contributed by atoms with van der Waals surface area (Å²) in [6.45, 7) is -0.0796. The van der Waals surface area contributed by atoms with Crippen LogP contribution in [0.5, 0.6) is 0 Å². The normalized spacial score (nSPS) is 27.4. The fraction of sp³-hybridized carbons (Fsp3) is 0.486. The summed E-state index contributed by atoms with van der Waals surface area (Å²) in [6, 6.07) is 0.829. The number of alkyl carbamates (subject to hydrolysis) is 1. The lowest BCUT2D eigenvalue weighted by Crippen LogP contribution is -2.57. The predicted molar refractivity (Wildman–Crippen MR) is 194 cm³/mol. The van der Waals surface area contributed by atoms with Crippen LogP contribution in [0.1, 0.15) is 76.7 Å². The minimum atomic E-state index is -1.65. The molecule has 15 heteroatoms. The molecule has 1 saturated heterocycles. The molecule has 13 nitrogen and oxygen atoms in total. The second-order valence-electron chi connectivity index (χ2n) is 14.1. The SMILES string of the molecule is O=C(N[C@@H]1CCCCC/C=C\[C@@H]2C[C@]2(C(=O)C(=O)O)NC(=O)[C@@H]2C[C@@H](n3ncc(-c4ccsc4)c(-c4ccsc4)c3=O)CN2C1=O)OC1CCCC1. The first kappa shape index (κ1) is 35.8. The first-order valence-corrected chi connectivity index (χ1v) is 19.8. The zero-order valence-electron chi connectivity index (χ0n) is 28.5. The molecule has 4 aliphatic rings. The van der Waals surface area contributed by atoms with E-state index in [0.717, 1.165) is 49.7 Å². The highest BCUT2D eigenvalue weighted by molar-refractivity contribution is 7.08. The van der Waals surface area contributed by atoms with Gasteiger partial charge in [-0.05, 0) is 96.1 Å². The first-order chi connectivity index (χ1) is 25.2. The molecular weight excluding hydrogens is 707 g/mol. The van der Waals surface area contributed by atoms with Gasteiger partial charge in [0.15, 0.2) is 0 Å². The lowest BCUT2D eigenvalue weighted by molar-refractivity contribution is -0.151. The smallest absolute Gasteiger partial charge is 0.408 e. The van der Waals surface area contributed by atoms with Crippen molar-refractivity contribution in [2.75, 3.05) is 6.54 Å². The summed E-state index contributed by atoms with van der Waals surface area (Å²) in [4.78, 5) is 82.5. The fourth-order valence-electron chi connectivity index (χ4n) is 7.85. The number of ether oxygens (including phenoxy) is 1. The van der Waals surface area contributed by atoms with Gasteiger partial charge >= 0.3 is 12.1 Å². The highest BCUT2D eigenvalue weighted by Crippen LogP contribution is 2.46. The number of amides is 3. The van der Waals surface area contributed by atoms with Crippen LogP contribution in [-0.2, 0) is 23.9 Å². The van der Waals surface area contributed by atoms with E-state index < -0.39 is 59.2 Å². The van der Waals surface area contributed by atoms with Crippen LogP contribution in [0.25, 0.3) is 22.3 Å². The zero-order chi connectivity index (χ0) is 36.4. The van der Waals surface area contributed by atoms with Crippen LogP contribution >= 0.6 is 22.7 Å². The van der Waals surface area contributed by atoms with Crippen LogP contribution in [0.15, 0.2) is 56.8 Å². The van der Waals surface area contributed by atoms with Gasteiger partial charge in [-0.1, -0.05) is 25.0 Å². The Labute approximate surface area is 308 Å². The molecule has 3 aromatic rings. The molecular formula is C37H41N5O8S2. The van der Waals surface area contributed by atoms with Crippen molar-refractivity contribution in [1.82, 2.24) is 25.3 Å². The second kappa shape index (κ2) is 15.2. The summed E-state index contributed by atoms with van der Waals surface area (Å²) in [5, 5.41) is 27.4. The highest BCUT2D eigenvalue weighted by Gasteiger charge is 2.62. The van der Waals surface area contributed by atoms with Crippen LogP contribution in [0, 0.1) is 5.92 Å². The van der Waals surface area contributed by atoms with E-state index in [9.17, 15) is 33.9 Å². The molecule has 3 N–H and O–H groups in total. The van der Waals surface area contributed by atoms with Crippen molar-refractivity contribution in [3.8, 4) is 22.3 Å². The van der Waals surface area contributed by atoms with Crippen molar-refractivity contribution < 1.29 is 33.8 Å². The molecule has 0 aromatic carbocycles. The van der Waals surface area contributed by atoms with Gasteiger partial charge in [0.25, 0.3) is 11.3 Å². The Morgan fingerprint density at radius 3 is 2.42 bits per heavy atom. The number of carbonyl (C=O) groups is 5. The third-order valence-electron chi connectivity index (χ3n) is 10.7. The maximum absolute atomic E-state index is 14.5. The highest BCUT2D eigenvalue weighted by atomic mass is 32.1. The Morgan fingerprint density at radius 2 is 1.71 bits per heavy atom. The Balaban J connectivity index is 1.24. The standard InChI is InChI=1S/C37H41N5O8S2/c43-31(35(47)48)37-17-24(37)8-4-2-1-3-5-11-28(39-36(49)50-26-9-6-7-10-26)33(45)41-19-25(16-29(41)32(44)40-37)42-34(46)30(23-13-15-52-21-23)27(18-38-42)22-12-14-51-20-22/h4,8,12-15,18,20-21,24-26,28-29H,1-3,5-7,9-11,16-17,19H2,(H,39,49)(H,40,44)(H,47,48)/b8-4-/t24-,25-,28-,29+,37+/m1/s1. The third kappa shape index (κ3) is 7.20. The maximum atomic E-state index is 14.5. The molecule has 3 aromatic heterocycles. The minimum absolute atomic E-state index is 0.0254. The lowest BCUT2D eigenvalue weighted by atomic mass is 10.0. The lowest BCUT2D eigenvalue weighted by Gasteiger charge is -2.29. The molecule has 3 fully saturated rings. The van der Waals surface area contributed by atoms with Crippen molar-refractivity contribution in [3.63, 3.8) is 0 Å². The van der Waals surface area contributed by atoms with Crippen molar-refractivity contribution in [1.29, 1.82) is 0 Å². The number of rotatable bonds is 7. The van der Waals surface area contributed by atoms with E-state index in [2.05, 4.69) is 15.7 Å². The molecule has 274 valence electrons. The maximum Gasteiger partial charge on any atom is 0.408 e. The number of Topliss-reactive ketones (excluding diaryl/α,β-unsaturated/α-hetero) is 1. The topological polar surface area (TPSA) is 177 Å². The number of fused-ring (bicyclic) bond motifs is 2. The van der Waals surface area contributed by atoms with Crippen LogP contribution in [0.4, 0.5) is 4.79 Å². The summed E-state index contributed by atoms with van der Waals surface area (Å²) < 4.78 is 6.95. The number of nitrogens with zero attached hydrogens (tertiary/aromatic N) is 3. The number of carboxylic acids is 1. The van der Waals surface area contributed by atoms with Gasteiger partial charge in [0, 0.05) is 24.4 Å². The monoisotopic (exact) mass is 747 g/mol. The summed E-state index contributed by atoms with van der Waals surface area (Å²) in [7, 11) is 0. The van der Waals surface area contributed by atoms with Crippen LogP contribution in [0.2, 0.25) is 0 Å². The van der Waals surface area contributed by atoms with E-state index >= 15 is 0 Å². The van der Waals surface area contributed by atoms with E-state index in [-0.39, 0.29) is 31.0 Å². The van der Waals surface area contributed by atoms with Crippen molar-refractivity contribution >= 4 is 52.3 Å². The van der Waals surface area contributed by atoms with Gasteiger partial charge < -0.3 is 25.4 Å². The number of nitrogens with one attached hydrogen (secondary N) is 2. The number of aromatic nitrogens is 2. The number of hydrogen-bond acceptors (Lipinski definition) is 10. The molecule has 0 unspecified atom stereocenters. The minimum Gasteiger partial charge on any atom is -0.475 e. The number of thiophene rings is 2. The van der Waals surface area contributed by atoms with Crippen molar-refractivity contribution in [2.24, 2.45) is 5.92 Å². The van der Waals surface area contributed by atoms with Gasteiger partial charge in [-0.25, -0.2) is 14.3 Å². The molecule has 52 heavy (non-hydrogen) atoms. The number of carbonyl (C=O) groups excluding carboxylic acids is 4. The summed E-state index contributed by atoms with van der Waals surface area (Å²) in [6.07, 6.45) is 11.0. The quantitative estimate of drug-likeness (QED) is 0.224. The largest absolute Gasteiger partial charge is 0.475 e. The van der Waals surface area contributed by atoms with E-state index in [1.54, 1.807) is 12.3 Å². The van der Waals surface area contributed by atoms with E-state index in [4.69, 9.17) is 4.74 Å². The Hall–Kier alpha value is -4.63. The molecule has 2 aliphatic heterocycles. The molecule has 0 spiro atoms. The molecule has 0 bridgehead atoms. The first-order valence-electron chi connectivity index (χ1n) is 17.9. The molecule has 5 atom stereocenters. The van der Waals surface area contributed by atoms with Crippen molar-refractivity contribution in [2.45, 2.75) is 100 Å². The van der Waals surface area contributed by atoms with Gasteiger partial charge in [0.05, 0.1) is 17.8 Å². The Kier molecular flexibility index (Phi) is 10.4. The van der Waals surface area contributed by atoms with E-state index in [0.29, 0.717) is 30.4 Å². The van der Waals surface area contributed by atoms with Crippen LogP contribution in [0.3, 0.4) is 0 Å². The summed E-state index contributed by atoms with van der Waals surface area (Å²) in [5.74, 6) is -4.51. The summed E-state index contributed by atoms with van der Waals surface area (Å²) in [5.41, 5.74) is 0.649. The molecule has 7 rings (SSSR count). The third-order valence-corrected chi connectivity index (χ3v) is 12.1. The molecule has 3 amide bonds. The fourth-order valence-corrected chi connectivity index (χ4v) is 9.15. The number of hydrogen-bond donors (Lipinski definition) is 3. The summed E-state index contributed by atoms with van der Waals surface area (Å²) >= 11 is 2.95. The number of allylic oxidation sites excluding steroid dienone is 1. The predicted octanol–water partition coefficient (Wildman–Crippen LogP) is 4.93. The van der Waals surface area contributed by atoms with Crippen LogP contribution < -0.4 is 16.2 Å². The Morgan fingerprint density at radius 1 is 0.981 bits per heavy atom. The van der Waals surface area contributed by atoms with E-state index in [1.807, 2.05) is 39.7 Å². The average Bonchev–Trinajstić information content (AvgIpc) is 3.81. The van der Waals surface area contributed by atoms with Gasteiger partial charge in [0.2, 0.25) is 11.8 Å². The molecule has 5 heterocycles. The van der Waals surface area contributed by atoms with Crippen molar-refractivity contribution in [3.05, 3.63) is 62.4 Å². The van der Waals surface area contributed by atoms with Gasteiger partial charge in [-0.3, -0.25) is 19.2 Å². The van der Waals surface area contributed by atoms with Gasteiger partial charge in [-0.2, -0.15) is 27.8 Å². The Bertz CT molecular complexity index is 1920.